The van der Waals surface area contributed by atoms with E-state index in [0.717, 1.165) is 26.8 Å². The lowest BCUT2D eigenvalue weighted by Gasteiger charge is -2.18. The number of nitrogens with zero attached hydrogens (tertiary/aromatic N) is 2. The Balaban J connectivity index is 2.28. The largest absolute Gasteiger partial charge is 0.310 e. The van der Waals surface area contributed by atoms with Gasteiger partial charge in [-0.3, -0.25) is 4.79 Å². The molecular weight excluding hydrogens is 320 g/mol. The van der Waals surface area contributed by atoms with Gasteiger partial charge in [0.2, 0.25) is 5.91 Å². The molecule has 0 N–H and O–H groups in total. The van der Waals surface area contributed by atoms with Crippen molar-refractivity contribution >= 4 is 51.9 Å². The average Bonchev–Trinajstić information content (AvgIpc) is 2.58. The van der Waals surface area contributed by atoms with Crippen LogP contribution in [0.4, 0.5) is 5.69 Å². The van der Waals surface area contributed by atoms with Crippen LogP contribution < -0.4 is 4.90 Å². The normalized spacial score (nSPS) is 19.5. The van der Waals surface area contributed by atoms with Gasteiger partial charge in [0.15, 0.2) is 0 Å². The van der Waals surface area contributed by atoms with Crippen molar-refractivity contribution in [2.75, 3.05) is 11.4 Å². The van der Waals surface area contributed by atoms with Gasteiger partial charge in [-0.05, 0) is 45.9 Å². The number of anilines is 1. The Morgan fingerprint density at radius 2 is 2.35 bits per heavy atom. The second-order valence-corrected chi connectivity index (χ2v) is 6.11. The second-order valence-electron chi connectivity index (χ2n) is 3.67. The fraction of sp³-hybridized carbons (Fsp3) is 0.273. The topological polar surface area (TPSA) is 44.1 Å². The van der Waals surface area contributed by atoms with Gasteiger partial charge in [0.1, 0.15) is 5.40 Å². The van der Waals surface area contributed by atoms with Gasteiger partial charge >= 0.3 is 0 Å². The van der Waals surface area contributed by atoms with Crippen LogP contribution in [0.1, 0.15) is 6.42 Å². The van der Waals surface area contributed by atoms with Crippen LogP contribution in [0.25, 0.3) is 0 Å². The minimum atomic E-state index is 0.0892. The molecule has 1 fully saturated rings. The molecule has 17 heavy (non-hydrogen) atoms. The average molecular weight is 329 g/mol. The van der Waals surface area contributed by atoms with E-state index < -0.39 is 0 Å². The third-order valence-electron chi connectivity index (χ3n) is 2.48. The highest BCUT2D eigenvalue weighted by Crippen LogP contribution is 2.33. The summed E-state index contributed by atoms with van der Waals surface area (Å²) in [6, 6.07) is 5.54. The molecule has 1 atom stereocenters. The zero-order valence-electron chi connectivity index (χ0n) is 8.76. The molecular formula is C11H9BrN2OS2. The van der Waals surface area contributed by atoms with E-state index in [1.165, 1.54) is 0 Å². The fourth-order valence-electron chi connectivity index (χ4n) is 1.74. The summed E-state index contributed by atoms with van der Waals surface area (Å²) in [7, 11) is 0. The summed E-state index contributed by atoms with van der Waals surface area (Å²) >= 11 is 8.86. The maximum atomic E-state index is 11.7. The predicted octanol–water partition coefficient (Wildman–Crippen LogP) is 3.06. The molecule has 88 valence electrons. The van der Waals surface area contributed by atoms with Gasteiger partial charge in [0, 0.05) is 27.6 Å². The maximum absolute atomic E-state index is 11.7. The van der Waals surface area contributed by atoms with Crippen LogP contribution in [0.2, 0.25) is 0 Å². The SMILES string of the molecule is N#CSc1ccc(N2CC(S)CC2=O)c(Br)c1. The predicted molar refractivity (Wildman–Crippen MR) is 75.4 cm³/mol. The van der Waals surface area contributed by atoms with Gasteiger partial charge in [-0.1, -0.05) is 0 Å². The van der Waals surface area contributed by atoms with E-state index in [-0.39, 0.29) is 11.2 Å². The quantitative estimate of drug-likeness (QED) is 0.515. The number of hydrogen-bond acceptors (Lipinski definition) is 4. The lowest BCUT2D eigenvalue weighted by Crippen LogP contribution is -2.24. The van der Waals surface area contributed by atoms with Gasteiger partial charge in [-0.25, -0.2) is 0 Å². The molecule has 0 aromatic heterocycles. The van der Waals surface area contributed by atoms with E-state index in [0.29, 0.717) is 13.0 Å². The minimum Gasteiger partial charge on any atom is -0.310 e. The summed E-state index contributed by atoms with van der Waals surface area (Å²) in [5, 5.41) is 10.7. The number of thiocyanates is 1. The van der Waals surface area contributed by atoms with Crippen LogP contribution in [-0.4, -0.2) is 17.7 Å². The lowest BCUT2D eigenvalue weighted by atomic mass is 10.3. The number of amides is 1. The second kappa shape index (κ2) is 5.34. The smallest absolute Gasteiger partial charge is 0.228 e. The Hall–Kier alpha value is -0.640. The molecule has 1 aliphatic rings. The summed E-state index contributed by atoms with van der Waals surface area (Å²) in [5.41, 5.74) is 0.842. The van der Waals surface area contributed by atoms with Crippen molar-refractivity contribution < 1.29 is 4.79 Å². The zero-order valence-corrected chi connectivity index (χ0v) is 12.1. The van der Waals surface area contributed by atoms with Crippen LogP contribution >= 0.6 is 40.3 Å². The first-order valence-electron chi connectivity index (χ1n) is 4.95. The molecule has 1 saturated heterocycles. The van der Waals surface area contributed by atoms with Crippen LogP contribution in [0, 0.1) is 10.7 Å². The molecule has 0 radical (unpaired) electrons. The van der Waals surface area contributed by atoms with Gasteiger partial charge in [-0.15, -0.1) is 0 Å². The number of carbonyl (C=O) groups is 1. The molecule has 0 spiro atoms. The number of hydrogen-bond donors (Lipinski definition) is 1. The van der Waals surface area contributed by atoms with E-state index in [4.69, 9.17) is 5.26 Å². The summed E-state index contributed by atoms with van der Waals surface area (Å²) in [6.45, 7) is 0.630. The number of rotatable bonds is 2. The first-order valence-corrected chi connectivity index (χ1v) is 7.08. The molecule has 1 heterocycles. The maximum Gasteiger partial charge on any atom is 0.228 e. The van der Waals surface area contributed by atoms with Crippen LogP contribution in [-0.2, 0) is 4.79 Å². The number of carbonyl (C=O) groups excluding carboxylic acids is 1. The molecule has 1 unspecified atom stereocenters. The number of thioether (sulfide) groups is 1. The Bertz CT molecular complexity index is 501. The minimum absolute atomic E-state index is 0.0892. The highest BCUT2D eigenvalue weighted by Gasteiger charge is 2.29. The Morgan fingerprint density at radius 3 is 2.88 bits per heavy atom. The molecule has 3 nitrogen and oxygen atoms in total. The van der Waals surface area contributed by atoms with Crippen molar-refractivity contribution in [3.63, 3.8) is 0 Å². The third kappa shape index (κ3) is 2.79. The monoisotopic (exact) mass is 328 g/mol. The standard InChI is InChI=1S/C11H9BrN2OS2/c12-9-4-8(17-6-13)1-2-10(9)14-5-7(16)3-11(14)15/h1-2,4,7,16H,3,5H2. The summed E-state index contributed by atoms with van der Waals surface area (Å²) < 4.78 is 0.827. The summed E-state index contributed by atoms with van der Waals surface area (Å²) in [4.78, 5) is 14.3. The zero-order chi connectivity index (χ0) is 12.4. The molecule has 2 rings (SSSR count). The van der Waals surface area contributed by atoms with Gasteiger partial charge in [0.25, 0.3) is 0 Å². The Morgan fingerprint density at radius 1 is 1.59 bits per heavy atom. The van der Waals surface area contributed by atoms with Crippen molar-refractivity contribution in [1.29, 1.82) is 5.26 Å². The van der Waals surface area contributed by atoms with Crippen molar-refractivity contribution in [3.8, 4) is 5.40 Å². The molecule has 0 aliphatic carbocycles. The lowest BCUT2D eigenvalue weighted by molar-refractivity contribution is -0.117. The third-order valence-corrected chi connectivity index (χ3v) is 4.04. The van der Waals surface area contributed by atoms with Crippen molar-refractivity contribution in [1.82, 2.24) is 0 Å². The van der Waals surface area contributed by atoms with Crippen molar-refractivity contribution in [3.05, 3.63) is 22.7 Å². The number of nitriles is 1. The highest BCUT2D eigenvalue weighted by atomic mass is 79.9. The molecule has 1 aromatic carbocycles. The van der Waals surface area contributed by atoms with Crippen LogP contribution in [0.15, 0.2) is 27.6 Å². The molecule has 0 saturated carbocycles. The van der Waals surface area contributed by atoms with Crippen molar-refractivity contribution in [2.24, 2.45) is 0 Å². The van der Waals surface area contributed by atoms with Gasteiger partial charge in [-0.2, -0.15) is 17.9 Å². The van der Waals surface area contributed by atoms with Crippen LogP contribution in [0.5, 0.6) is 0 Å². The fourth-order valence-corrected chi connectivity index (χ4v) is 3.23. The number of benzene rings is 1. The van der Waals surface area contributed by atoms with E-state index in [1.807, 2.05) is 23.6 Å². The summed E-state index contributed by atoms with van der Waals surface area (Å²) in [6.07, 6.45) is 0.476. The van der Waals surface area contributed by atoms with E-state index in [2.05, 4.69) is 28.6 Å². The molecule has 1 amide bonds. The van der Waals surface area contributed by atoms with E-state index in [1.54, 1.807) is 4.90 Å². The molecule has 0 bridgehead atoms. The van der Waals surface area contributed by atoms with E-state index in [9.17, 15) is 4.79 Å². The molecule has 6 heteroatoms. The highest BCUT2D eigenvalue weighted by molar-refractivity contribution is 9.10. The van der Waals surface area contributed by atoms with Gasteiger partial charge < -0.3 is 4.90 Å². The molecule has 1 aliphatic heterocycles. The number of thiol groups is 1. The van der Waals surface area contributed by atoms with Crippen molar-refractivity contribution in [2.45, 2.75) is 16.6 Å². The Labute approximate surface area is 118 Å². The van der Waals surface area contributed by atoms with E-state index >= 15 is 0 Å². The Kier molecular flexibility index (Phi) is 4.02. The first kappa shape index (κ1) is 12.8. The number of halogens is 1. The van der Waals surface area contributed by atoms with Gasteiger partial charge in [0.05, 0.1) is 5.69 Å². The summed E-state index contributed by atoms with van der Waals surface area (Å²) in [5.74, 6) is 0.0892. The first-order chi connectivity index (χ1) is 8.11. The molecule has 1 aromatic rings. The van der Waals surface area contributed by atoms with Crippen LogP contribution in [0.3, 0.4) is 0 Å².